The van der Waals surface area contributed by atoms with Crippen LogP contribution in [0.15, 0.2) is 41.6 Å². The van der Waals surface area contributed by atoms with Crippen molar-refractivity contribution in [3.8, 4) is 0 Å². The normalized spacial score (nSPS) is 11.2. The molecule has 1 heterocycles. The Balaban J connectivity index is 2.18. The summed E-state index contributed by atoms with van der Waals surface area (Å²) in [5.41, 5.74) is 0.182. The van der Waals surface area contributed by atoms with Gasteiger partial charge in [0.05, 0.1) is 16.8 Å². The Hall–Kier alpha value is -2.06. The highest BCUT2D eigenvalue weighted by molar-refractivity contribution is 7.92. The molecule has 2 aromatic rings. The number of nitrogens with one attached hydrogen (secondary N) is 1. The summed E-state index contributed by atoms with van der Waals surface area (Å²) in [5.74, 6) is -1.07. The first-order valence-electron chi connectivity index (χ1n) is 5.39. The van der Waals surface area contributed by atoms with Crippen LogP contribution in [0.1, 0.15) is 0 Å². The van der Waals surface area contributed by atoms with E-state index in [0.29, 0.717) is 5.02 Å². The molecule has 0 saturated carbocycles. The zero-order valence-corrected chi connectivity index (χ0v) is 11.6. The van der Waals surface area contributed by atoms with E-state index in [1.165, 1.54) is 36.7 Å². The fourth-order valence-electron chi connectivity index (χ4n) is 1.47. The van der Waals surface area contributed by atoms with Crippen molar-refractivity contribution >= 4 is 33.3 Å². The van der Waals surface area contributed by atoms with Crippen LogP contribution in [0.5, 0.6) is 0 Å². The first kappa shape index (κ1) is 14.4. The van der Waals surface area contributed by atoms with Gasteiger partial charge in [-0.05, 0) is 24.3 Å². The van der Waals surface area contributed by atoms with Gasteiger partial charge in [0.25, 0.3) is 10.0 Å². The first-order valence-corrected chi connectivity index (χ1v) is 7.25. The summed E-state index contributed by atoms with van der Waals surface area (Å²) < 4.78 is 27.5. The minimum atomic E-state index is -3.75. The minimum Gasteiger partial charge on any atom is -0.480 e. The van der Waals surface area contributed by atoms with Crippen LogP contribution in [0, 0.1) is 0 Å². The molecule has 2 N–H and O–H groups in total. The van der Waals surface area contributed by atoms with Gasteiger partial charge >= 0.3 is 5.97 Å². The van der Waals surface area contributed by atoms with Gasteiger partial charge in [0.1, 0.15) is 6.54 Å². The molecule has 0 aliphatic rings. The molecule has 20 heavy (non-hydrogen) atoms. The van der Waals surface area contributed by atoms with Crippen LogP contribution in [-0.4, -0.2) is 29.3 Å². The van der Waals surface area contributed by atoms with Crippen molar-refractivity contribution in [2.75, 3.05) is 4.72 Å². The van der Waals surface area contributed by atoms with Gasteiger partial charge in [-0.15, -0.1) is 0 Å². The Labute approximate surface area is 119 Å². The maximum Gasteiger partial charge on any atom is 0.325 e. The third-order valence-electron chi connectivity index (χ3n) is 2.31. The van der Waals surface area contributed by atoms with E-state index >= 15 is 0 Å². The summed E-state index contributed by atoms with van der Waals surface area (Å²) in [5, 5.41) is 12.8. The van der Waals surface area contributed by atoms with Gasteiger partial charge in [-0.25, -0.2) is 8.42 Å². The van der Waals surface area contributed by atoms with E-state index in [2.05, 4.69) is 9.82 Å². The van der Waals surface area contributed by atoms with Gasteiger partial charge in [-0.1, -0.05) is 11.6 Å². The van der Waals surface area contributed by atoms with Crippen molar-refractivity contribution in [2.24, 2.45) is 0 Å². The van der Waals surface area contributed by atoms with E-state index in [-0.39, 0.29) is 17.1 Å². The number of nitrogens with zero attached hydrogens (tertiary/aromatic N) is 2. The Morgan fingerprint density at radius 3 is 2.60 bits per heavy atom. The van der Waals surface area contributed by atoms with Gasteiger partial charge < -0.3 is 5.11 Å². The van der Waals surface area contributed by atoms with Gasteiger partial charge in [0, 0.05) is 11.2 Å². The number of carboxylic acid groups (broad SMARTS) is 1. The SMILES string of the molecule is O=C(O)Cn1cc(NS(=O)(=O)c2ccc(Cl)cc2)cn1. The number of benzene rings is 1. The average molecular weight is 316 g/mol. The molecule has 0 unspecified atom stereocenters. The van der Waals surface area contributed by atoms with Crippen LogP contribution < -0.4 is 4.72 Å². The molecule has 106 valence electrons. The van der Waals surface area contributed by atoms with Crippen molar-refractivity contribution in [3.63, 3.8) is 0 Å². The number of rotatable bonds is 5. The molecule has 0 radical (unpaired) electrons. The summed E-state index contributed by atoms with van der Waals surface area (Å²) in [7, 11) is -3.75. The number of hydrogen-bond acceptors (Lipinski definition) is 4. The Morgan fingerprint density at radius 2 is 2.00 bits per heavy atom. The Morgan fingerprint density at radius 1 is 1.35 bits per heavy atom. The second-order valence-electron chi connectivity index (χ2n) is 3.88. The predicted molar refractivity (Wildman–Crippen MR) is 72.1 cm³/mol. The van der Waals surface area contributed by atoms with Crippen LogP contribution in [0.4, 0.5) is 5.69 Å². The molecule has 7 nitrogen and oxygen atoms in total. The van der Waals surface area contributed by atoms with E-state index in [0.717, 1.165) is 4.68 Å². The standard InChI is InChI=1S/C11H10ClN3O4S/c12-8-1-3-10(4-2-8)20(18,19)14-9-5-13-15(6-9)7-11(16)17/h1-6,14H,7H2,(H,16,17). The molecular formula is C11H10ClN3O4S. The lowest BCUT2D eigenvalue weighted by Gasteiger charge is -2.05. The van der Waals surface area contributed by atoms with Crippen LogP contribution in [0.2, 0.25) is 5.02 Å². The molecule has 0 bridgehead atoms. The predicted octanol–water partition coefficient (Wildman–Crippen LogP) is 1.42. The quantitative estimate of drug-likeness (QED) is 0.869. The zero-order chi connectivity index (χ0) is 14.8. The summed E-state index contributed by atoms with van der Waals surface area (Å²) in [4.78, 5) is 10.6. The van der Waals surface area contributed by atoms with E-state index in [9.17, 15) is 13.2 Å². The Kier molecular flexibility index (Phi) is 3.96. The molecule has 0 aliphatic carbocycles. The molecular weight excluding hydrogens is 306 g/mol. The number of aliphatic carboxylic acids is 1. The molecule has 0 atom stereocenters. The highest BCUT2D eigenvalue weighted by Crippen LogP contribution is 2.17. The number of carbonyl (C=O) groups is 1. The third kappa shape index (κ3) is 3.49. The molecule has 0 aliphatic heterocycles. The molecule has 1 aromatic heterocycles. The highest BCUT2D eigenvalue weighted by atomic mass is 35.5. The van der Waals surface area contributed by atoms with Gasteiger partial charge in [0.2, 0.25) is 0 Å². The molecule has 2 rings (SSSR count). The van der Waals surface area contributed by atoms with Crippen molar-refractivity contribution < 1.29 is 18.3 Å². The lowest BCUT2D eigenvalue weighted by Crippen LogP contribution is -2.12. The summed E-state index contributed by atoms with van der Waals surface area (Å²) in [6, 6.07) is 5.66. The van der Waals surface area contributed by atoms with E-state index in [1.807, 2.05) is 0 Å². The van der Waals surface area contributed by atoms with E-state index < -0.39 is 16.0 Å². The number of aromatic nitrogens is 2. The average Bonchev–Trinajstić information content (AvgIpc) is 2.75. The minimum absolute atomic E-state index is 0.0490. The second-order valence-corrected chi connectivity index (χ2v) is 6.00. The third-order valence-corrected chi connectivity index (χ3v) is 3.96. The molecule has 0 fully saturated rings. The fourth-order valence-corrected chi connectivity index (χ4v) is 2.62. The maximum absolute atomic E-state index is 12.0. The summed E-state index contributed by atoms with van der Waals surface area (Å²) in [6.07, 6.45) is 2.53. The molecule has 1 aromatic carbocycles. The van der Waals surface area contributed by atoms with Crippen LogP contribution in [-0.2, 0) is 21.4 Å². The van der Waals surface area contributed by atoms with Crippen molar-refractivity contribution in [2.45, 2.75) is 11.4 Å². The lowest BCUT2D eigenvalue weighted by atomic mass is 10.4. The van der Waals surface area contributed by atoms with Gasteiger partial charge in [-0.2, -0.15) is 5.10 Å². The second kappa shape index (κ2) is 5.51. The highest BCUT2D eigenvalue weighted by Gasteiger charge is 2.15. The topological polar surface area (TPSA) is 101 Å². The summed E-state index contributed by atoms with van der Waals surface area (Å²) in [6.45, 7) is -0.345. The number of anilines is 1. The monoisotopic (exact) mass is 315 g/mol. The zero-order valence-electron chi connectivity index (χ0n) is 10.0. The van der Waals surface area contributed by atoms with Gasteiger partial charge in [0.15, 0.2) is 0 Å². The van der Waals surface area contributed by atoms with Crippen LogP contribution in [0.3, 0.4) is 0 Å². The fraction of sp³-hybridized carbons (Fsp3) is 0.0909. The molecule has 0 spiro atoms. The number of carboxylic acids is 1. The Bertz CT molecular complexity index is 724. The number of hydrogen-bond donors (Lipinski definition) is 2. The van der Waals surface area contributed by atoms with Crippen molar-refractivity contribution in [3.05, 3.63) is 41.7 Å². The van der Waals surface area contributed by atoms with Crippen molar-refractivity contribution in [1.29, 1.82) is 0 Å². The largest absolute Gasteiger partial charge is 0.480 e. The first-order chi connectivity index (χ1) is 9.37. The van der Waals surface area contributed by atoms with E-state index in [1.54, 1.807) is 0 Å². The molecule has 0 amide bonds. The maximum atomic E-state index is 12.0. The molecule has 9 heteroatoms. The smallest absolute Gasteiger partial charge is 0.325 e. The van der Waals surface area contributed by atoms with Crippen LogP contribution >= 0.6 is 11.6 Å². The number of sulfonamides is 1. The summed E-state index contributed by atoms with van der Waals surface area (Å²) >= 11 is 5.69. The van der Waals surface area contributed by atoms with Crippen LogP contribution in [0.25, 0.3) is 0 Å². The lowest BCUT2D eigenvalue weighted by molar-refractivity contribution is -0.137. The molecule has 0 saturated heterocycles. The number of halogens is 1. The van der Waals surface area contributed by atoms with Crippen molar-refractivity contribution in [1.82, 2.24) is 9.78 Å². The van der Waals surface area contributed by atoms with E-state index in [4.69, 9.17) is 16.7 Å². The van der Waals surface area contributed by atoms with Gasteiger partial charge in [-0.3, -0.25) is 14.2 Å².